The molecule has 0 unspecified atom stereocenters. The van der Waals surface area contributed by atoms with Gasteiger partial charge in [-0.2, -0.15) is 18.3 Å². The van der Waals surface area contributed by atoms with Crippen molar-refractivity contribution in [1.82, 2.24) is 15.2 Å². The number of hydrogen-bond donors (Lipinski definition) is 2. The third-order valence-corrected chi connectivity index (χ3v) is 3.18. The fourth-order valence-corrected chi connectivity index (χ4v) is 2.18. The first-order valence-electron chi connectivity index (χ1n) is 6.67. The van der Waals surface area contributed by atoms with Gasteiger partial charge >= 0.3 is 12.1 Å². The number of ether oxygens (including phenoxy) is 1. The van der Waals surface area contributed by atoms with Crippen LogP contribution in [-0.4, -0.2) is 27.8 Å². The molecule has 0 saturated carbocycles. The molecule has 0 aliphatic rings. The van der Waals surface area contributed by atoms with E-state index in [2.05, 4.69) is 10.1 Å². The fraction of sp³-hybridized carbons (Fsp3) is 0.357. The molecule has 2 N–H and O–H groups in total. The van der Waals surface area contributed by atoms with Crippen LogP contribution in [-0.2, 0) is 17.3 Å². The lowest BCUT2D eigenvalue weighted by atomic mass is 10.1. The van der Waals surface area contributed by atoms with E-state index in [1.807, 2.05) is 5.10 Å². The molecule has 2 aromatic heterocycles. The Morgan fingerprint density at radius 3 is 2.65 bits per heavy atom. The van der Waals surface area contributed by atoms with E-state index < -0.39 is 23.4 Å². The van der Waals surface area contributed by atoms with E-state index in [1.54, 1.807) is 19.9 Å². The Hall–Kier alpha value is -2.58. The Morgan fingerprint density at radius 1 is 1.35 bits per heavy atom. The number of hydrogen-bond acceptors (Lipinski definition) is 4. The van der Waals surface area contributed by atoms with Crippen molar-refractivity contribution in [2.24, 2.45) is 0 Å². The highest BCUT2D eigenvalue weighted by molar-refractivity contribution is 5.90. The van der Waals surface area contributed by atoms with Crippen LogP contribution in [0.3, 0.4) is 0 Å². The number of pyridine rings is 1. The molecule has 0 aliphatic carbocycles. The summed E-state index contributed by atoms with van der Waals surface area (Å²) in [6, 6.07) is 1.61. The number of H-pyrrole nitrogens is 2. The Balaban J connectivity index is 2.04. The molecule has 0 bridgehead atoms. The topological polar surface area (TPSA) is 87.8 Å². The van der Waals surface area contributed by atoms with Crippen molar-refractivity contribution in [3.63, 3.8) is 0 Å². The minimum Gasteiger partial charge on any atom is -0.462 e. The average Bonchev–Trinajstić information content (AvgIpc) is 2.85. The Morgan fingerprint density at radius 2 is 2.04 bits per heavy atom. The van der Waals surface area contributed by atoms with E-state index in [4.69, 9.17) is 4.74 Å². The molecule has 0 aliphatic heterocycles. The minimum atomic E-state index is -4.56. The normalized spacial score (nSPS) is 11.5. The number of nitrogens with zero attached hydrogens (tertiary/aromatic N) is 1. The van der Waals surface area contributed by atoms with Crippen LogP contribution in [0.5, 0.6) is 0 Å². The van der Waals surface area contributed by atoms with Crippen LogP contribution in [0, 0.1) is 13.8 Å². The van der Waals surface area contributed by atoms with Gasteiger partial charge in [0.25, 0.3) is 5.56 Å². The SMILES string of the molecule is Cc1cc(C)c(C(=O)OCCc2cn[nH]c2C(F)(F)F)c(=O)[nH]1. The second-order valence-electron chi connectivity index (χ2n) is 4.99. The zero-order chi connectivity index (χ0) is 17.2. The summed E-state index contributed by atoms with van der Waals surface area (Å²) in [5, 5.41) is 5.21. The highest BCUT2D eigenvalue weighted by Crippen LogP contribution is 2.30. The maximum absolute atomic E-state index is 12.7. The molecule has 0 atom stereocenters. The second-order valence-corrected chi connectivity index (χ2v) is 4.99. The Bertz CT molecular complexity index is 778. The fourth-order valence-electron chi connectivity index (χ4n) is 2.18. The van der Waals surface area contributed by atoms with E-state index >= 15 is 0 Å². The first-order valence-corrected chi connectivity index (χ1v) is 6.67. The molecular weight excluding hydrogens is 315 g/mol. The van der Waals surface area contributed by atoms with Crippen LogP contribution in [0.4, 0.5) is 13.2 Å². The molecular formula is C14H14F3N3O3. The van der Waals surface area contributed by atoms with Gasteiger partial charge in [-0.15, -0.1) is 0 Å². The van der Waals surface area contributed by atoms with Gasteiger partial charge in [0.05, 0.1) is 12.8 Å². The predicted molar refractivity (Wildman–Crippen MR) is 74.1 cm³/mol. The summed E-state index contributed by atoms with van der Waals surface area (Å²) >= 11 is 0. The number of alkyl halides is 3. The van der Waals surface area contributed by atoms with E-state index in [0.29, 0.717) is 11.3 Å². The zero-order valence-electron chi connectivity index (χ0n) is 12.4. The minimum absolute atomic E-state index is 0.111. The van der Waals surface area contributed by atoms with Gasteiger partial charge < -0.3 is 9.72 Å². The van der Waals surface area contributed by atoms with Crippen molar-refractivity contribution in [2.45, 2.75) is 26.4 Å². The van der Waals surface area contributed by atoms with Crippen LogP contribution in [0.2, 0.25) is 0 Å². The van der Waals surface area contributed by atoms with Crippen molar-refractivity contribution < 1.29 is 22.7 Å². The van der Waals surface area contributed by atoms with Crippen molar-refractivity contribution in [3.8, 4) is 0 Å². The van der Waals surface area contributed by atoms with E-state index in [-0.39, 0.29) is 24.2 Å². The third-order valence-electron chi connectivity index (χ3n) is 3.18. The quantitative estimate of drug-likeness (QED) is 0.841. The number of esters is 1. The summed E-state index contributed by atoms with van der Waals surface area (Å²) in [6.07, 6.45) is -3.69. The Labute approximate surface area is 128 Å². The number of aromatic nitrogens is 3. The largest absolute Gasteiger partial charge is 0.462 e. The summed E-state index contributed by atoms with van der Waals surface area (Å²) in [5.41, 5.74) is -0.795. The number of aromatic amines is 2. The lowest BCUT2D eigenvalue weighted by Gasteiger charge is -2.08. The van der Waals surface area contributed by atoms with E-state index in [0.717, 1.165) is 6.20 Å². The van der Waals surface area contributed by atoms with Crippen molar-refractivity contribution >= 4 is 5.97 Å². The molecule has 23 heavy (non-hydrogen) atoms. The monoisotopic (exact) mass is 329 g/mol. The molecule has 0 fully saturated rings. The molecule has 0 radical (unpaired) electrons. The van der Waals surface area contributed by atoms with E-state index in [1.165, 1.54) is 0 Å². The van der Waals surface area contributed by atoms with Gasteiger partial charge in [-0.3, -0.25) is 9.89 Å². The molecule has 0 amide bonds. The van der Waals surface area contributed by atoms with Gasteiger partial charge in [0.15, 0.2) is 0 Å². The van der Waals surface area contributed by atoms with Gasteiger partial charge in [-0.25, -0.2) is 4.79 Å². The number of nitrogens with one attached hydrogen (secondary N) is 2. The number of rotatable bonds is 4. The smallest absolute Gasteiger partial charge is 0.433 e. The lowest BCUT2D eigenvalue weighted by molar-refractivity contribution is -0.141. The molecule has 2 heterocycles. The van der Waals surface area contributed by atoms with Gasteiger partial charge in [-0.05, 0) is 25.5 Å². The maximum Gasteiger partial charge on any atom is 0.433 e. The molecule has 0 saturated heterocycles. The lowest BCUT2D eigenvalue weighted by Crippen LogP contribution is -2.23. The van der Waals surface area contributed by atoms with Crippen LogP contribution >= 0.6 is 0 Å². The number of carbonyl (C=O) groups excluding carboxylic acids is 1. The van der Waals surface area contributed by atoms with E-state index in [9.17, 15) is 22.8 Å². The number of aryl methyl sites for hydroxylation is 2. The molecule has 0 spiro atoms. The molecule has 124 valence electrons. The molecule has 2 aromatic rings. The standard InChI is InChI=1S/C14H14F3N3O3/c1-7-5-8(2)19-12(21)10(7)13(22)23-4-3-9-6-18-20-11(9)14(15,16)17/h5-6H,3-4H2,1-2H3,(H,18,20)(H,19,21). The zero-order valence-corrected chi connectivity index (χ0v) is 12.4. The predicted octanol–water partition coefficient (Wildman–Crippen LogP) is 2.13. The van der Waals surface area contributed by atoms with Gasteiger partial charge in [0, 0.05) is 17.7 Å². The first-order chi connectivity index (χ1) is 10.7. The molecule has 9 heteroatoms. The number of halogens is 3. The Kier molecular flexibility index (Phi) is 4.57. The maximum atomic E-state index is 12.7. The summed E-state index contributed by atoms with van der Waals surface area (Å²) in [6.45, 7) is 2.95. The number of carbonyl (C=O) groups is 1. The third kappa shape index (κ3) is 3.79. The molecule has 6 nitrogen and oxygen atoms in total. The van der Waals surface area contributed by atoms with Gasteiger partial charge in [0.1, 0.15) is 11.3 Å². The summed E-state index contributed by atoms with van der Waals surface area (Å²) in [5.74, 6) is -0.874. The van der Waals surface area contributed by atoms with Gasteiger partial charge in [0.2, 0.25) is 0 Å². The second kappa shape index (κ2) is 6.27. The van der Waals surface area contributed by atoms with Crippen LogP contribution in [0.1, 0.15) is 32.9 Å². The highest BCUT2D eigenvalue weighted by Gasteiger charge is 2.35. The van der Waals surface area contributed by atoms with Crippen molar-refractivity contribution in [1.29, 1.82) is 0 Å². The van der Waals surface area contributed by atoms with Crippen LogP contribution in [0.25, 0.3) is 0 Å². The average molecular weight is 329 g/mol. The van der Waals surface area contributed by atoms with Crippen LogP contribution in [0.15, 0.2) is 17.1 Å². The van der Waals surface area contributed by atoms with Crippen molar-refractivity contribution in [2.75, 3.05) is 6.61 Å². The van der Waals surface area contributed by atoms with Crippen LogP contribution < -0.4 is 5.56 Å². The summed E-state index contributed by atoms with van der Waals surface area (Å²) in [4.78, 5) is 26.2. The first kappa shape index (κ1) is 16.8. The summed E-state index contributed by atoms with van der Waals surface area (Å²) < 4.78 is 42.9. The highest BCUT2D eigenvalue weighted by atomic mass is 19.4. The van der Waals surface area contributed by atoms with Gasteiger partial charge in [-0.1, -0.05) is 0 Å². The van der Waals surface area contributed by atoms with Crippen molar-refractivity contribution in [3.05, 3.63) is 50.7 Å². The molecule has 2 rings (SSSR count). The molecule has 0 aromatic carbocycles. The summed E-state index contributed by atoms with van der Waals surface area (Å²) in [7, 11) is 0.